The summed E-state index contributed by atoms with van der Waals surface area (Å²) in [5, 5.41) is 0. The Labute approximate surface area is 232 Å². The first kappa shape index (κ1) is 33.9. The molecule has 2 atom stereocenters. The van der Waals surface area contributed by atoms with Gasteiger partial charge in [-0.2, -0.15) is 0 Å². The van der Waals surface area contributed by atoms with Crippen molar-refractivity contribution in [2.75, 3.05) is 6.61 Å². The van der Waals surface area contributed by atoms with Gasteiger partial charge in [-0.15, -0.1) is 0 Å². The van der Waals surface area contributed by atoms with Gasteiger partial charge >= 0.3 is 11.9 Å². The van der Waals surface area contributed by atoms with Crippen molar-refractivity contribution in [3.8, 4) is 0 Å². The predicted molar refractivity (Wildman–Crippen MR) is 156 cm³/mol. The van der Waals surface area contributed by atoms with Gasteiger partial charge in [0.05, 0.1) is 0 Å². The molecule has 1 rings (SSSR count). The lowest BCUT2D eigenvalue weighted by Gasteiger charge is -2.38. The van der Waals surface area contributed by atoms with Crippen molar-refractivity contribution in [3.63, 3.8) is 0 Å². The molecule has 0 aromatic rings. The molecule has 0 spiro atoms. The lowest BCUT2D eigenvalue weighted by atomic mass is 9.67. The summed E-state index contributed by atoms with van der Waals surface area (Å²) in [6, 6.07) is 0. The smallest absolute Gasteiger partial charge is 0.313 e. The number of allylic oxidation sites excluding steroid dienone is 5. The molecule has 5 heteroatoms. The summed E-state index contributed by atoms with van der Waals surface area (Å²) < 4.78 is 11.1. The number of hydrogen-bond donors (Lipinski definition) is 0. The fraction of sp³-hybridized carbons (Fsp3) is 0.727. The Morgan fingerprint density at radius 1 is 1.03 bits per heavy atom. The maximum Gasteiger partial charge on any atom is 0.313 e. The molecule has 0 fully saturated rings. The summed E-state index contributed by atoms with van der Waals surface area (Å²) in [6.07, 6.45) is 15.5. The van der Waals surface area contributed by atoms with E-state index in [0.717, 1.165) is 51.4 Å². The third kappa shape index (κ3) is 14.7. The predicted octanol–water partition coefficient (Wildman–Crippen LogP) is 8.62. The van der Waals surface area contributed by atoms with Crippen molar-refractivity contribution >= 4 is 17.7 Å². The minimum absolute atomic E-state index is 0.0670. The normalized spacial score (nSPS) is 17.8. The zero-order valence-electron chi connectivity index (χ0n) is 25.3. The third-order valence-electron chi connectivity index (χ3n) is 7.67. The van der Waals surface area contributed by atoms with E-state index in [2.05, 4.69) is 53.7 Å². The van der Waals surface area contributed by atoms with Crippen molar-refractivity contribution in [2.24, 2.45) is 11.3 Å². The van der Waals surface area contributed by atoms with E-state index in [-0.39, 0.29) is 42.7 Å². The molecule has 0 N–H and O–H groups in total. The van der Waals surface area contributed by atoms with Gasteiger partial charge in [-0.25, -0.2) is 0 Å². The summed E-state index contributed by atoms with van der Waals surface area (Å²) in [4.78, 5) is 37.4. The lowest BCUT2D eigenvalue weighted by Crippen LogP contribution is -2.28. The van der Waals surface area contributed by atoms with Crippen LogP contribution in [0.3, 0.4) is 0 Å². The van der Waals surface area contributed by atoms with Gasteiger partial charge in [0.2, 0.25) is 0 Å². The number of carbonyl (C=O) groups excluding carboxylic acids is 3. The number of Topliss-reactive ketones (excluding diaryl/α,β-unsaturated/α-hetero) is 1. The van der Waals surface area contributed by atoms with Gasteiger partial charge in [-0.05, 0) is 96.5 Å². The van der Waals surface area contributed by atoms with Gasteiger partial charge in [0.25, 0.3) is 0 Å². The first-order valence-electron chi connectivity index (χ1n) is 14.8. The second kappa shape index (κ2) is 18.2. The Bertz CT molecular complexity index is 841. The average Bonchev–Trinajstić information content (AvgIpc) is 2.81. The Morgan fingerprint density at radius 2 is 1.76 bits per heavy atom. The minimum Gasteiger partial charge on any atom is -0.462 e. The molecule has 0 aromatic carbocycles. The van der Waals surface area contributed by atoms with Crippen LogP contribution in [0.25, 0.3) is 0 Å². The number of rotatable bonds is 18. The Kier molecular flexibility index (Phi) is 16.2. The molecule has 1 aliphatic rings. The zero-order valence-corrected chi connectivity index (χ0v) is 25.3. The molecular formula is C33H54O5. The first-order chi connectivity index (χ1) is 17.9. The fourth-order valence-electron chi connectivity index (χ4n) is 5.21. The largest absolute Gasteiger partial charge is 0.462 e. The van der Waals surface area contributed by atoms with E-state index in [0.29, 0.717) is 25.2 Å². The van der Waals surface area contributed by atoms with E-state index in [1.54, 1.807) is 0 Å². The van der Waals surface area contributed by atoms with Gasteiger partial charge in [-0.1, -0.05) is 62.5 Å². The Morgan fingerprint density at radius 3 is 2.42 bits per heavy atom. The zero-order chi connectivity index (χ0) is 28.6. The lowest BCUT2D eigenvalue weighted by molar-refractivity contribution is -0.154. The molecule has 0 aliphatic heterocycles. The number of esters is 2. The topological polar surface area (TPSA) is 69.7 Å². The standard InChI is InChI=1S/C33H54O5/c1-8-9-10-16-29(18-20-31(35)37-23-21-26(4)14-11-13-25(2)3)38-32(36)24-28(34)17-19-30-27(5)15-12-22-33(30,6)7/h13,15,21,29-30H,8-12,14,16-20,22-24H2,1-7H3. The van der Waals surface area contributed by atoms with E-state index in [1.165, 1.54) is 16.7 Å². The van der Waals surface area contributed by atoms with Crippen LogP contribution in [0.5, 0.6) is 0 Å². The molecule has 5 nitrogen and oxygen atoms in total. The quantitative estimate of drug-likeness (QED) is 0.0768. The monoisotopic (exact) mass is 530 g/mol. The Balaban J connectivity index is 2.48. The van der Waals surface area contributed by atoms with Crippen LogP contribution in [-0.4, -0.2) is 30.4 Å². The highest BCUT2D eigenvalue weighted by molar-refractivity contribution is 5.95. The van der Waals surface area contributed by atoms with Crippen LogP contribution in [0.15, 0.2) is 34.9 Å². The van der Waals surface area contributed by atoms with Crippen LogP contribution < -0.4 is 0 Å². The molecule has 0 radical (unpaired) electrons. The fourth-order valence-corrected chi connectivity index (χ4v) is 5.21. The SMILES string of the molecule is CCCCCC(CCC(=O)OCC=C(C)CCC=C(C)C)OC(=O)CC(=O)CCC1C(C)=CCCC1(C)C. The van der Waals surface area contributed by atoms with E-state index >= 15 is 0 Å². The van der Waals surface area contributed by atoms with Gasteiger partial charge in [-0.3, -0.25) is 14.4 Å². The van der Waals surface area contributed by atoms with Crippen LogP contribution in [0.2, 0.25) is 0 Å². The molecule has 0 saturated heterocycles. The molecule has 0 saturated carbocycles. The van der Waals surface area contributed by atoms with Crippen LogP contribution in [0.1, 0.15) is 132 Å². The van der Waals surface area contributed by atoms with Crippen molar-refractivity contribution < 1.29 is 23.9 Å². The van der Waals surface area contributed by atoms with E-state index in [1.807, 2.05) is 13.0 Å². The molecule has 0 aromatic heterocycles. The number of carbonyl (C=O) groups is 3. The maximum absolute atomic E-state index is 12.6. The van der Waals surface area contributed by atoms with E-state index < -0.39 is 5.97 Å². The summed E-state index contributed by atoms with van der Waals surface area (Å²) in [6.45, 7) is 15.3. The maximum atomic E-state index is 12.6. The molecule has 2 unspecified atom stereocenters. The average molecular weight is 531 g/mol. The molecule has 0 heterocycles. The molecule has 0 amide bonds. The van der Waals surface area contributed by atoms with Crippen LogP contribution in [0.4, 0.5) is 0 Å². The Hall–Kier alpha value is -2.17. The number of hydrogen-bond acceptors (Lipinski definition) is 5. The van der Waals surface area contributed by atoms with Crippen molar-refractivity contribution in [3.05, 3.63) is 34.9 Å². The highest BCUT2D eigenvalue weighted by Crippen LogP contribution is 2.43. The van der Waals surface area contributed by atoms with Crippen molar-refractivity contribution in [1.29, 1.82) is 0 Å². The molecule has 216 valence electrons. The second-order valence-corrected chi connectivity index (χ2v) is 12.0. The second-order valence-electron chi connectivity index (χ2n) is 12.0. The first-order valence-corrected chi connectivity index (χ1v) is 14.8. The van der Waals surface area contributed by atoms with Gasteiger partial charge in [0, 0.05) is 12.8 Å². The van der Waals surface area contributed by atoms with E-state index in [9.17, 15) is 14.4 Å². The molecule has 1 aliphatic carbocycles. The third-order valence-corrected chi connectivity index (χ3v) is 7.67. The molecule has 0 bridgehead atoms. The van der Waals surface area contributed by atoms with Crippen molar-refractivity contribution in [2.45, 2.75) is 138 Å². The molecule has 38 heavy (non-hydrogen) atoms. The van der Waals surface area contributed by atoms with Gasteiger partial charge in [0.1, 0.15) is 24.9 Å². The summed E-state index contributed by atoms with van der Waals surface area (Å²) >= 11 is 0. The van der Waals surface area contributed by atoms with Crippen LogP contribution in [-0.2, 0) is 23.9 Å². The number of ketones is 1. The summed E-state index contributed by atoms with van der Waals surface area (Å²) in [5.74, 6) is -0.456. The van der Waals surface area contributed by atoms with Crippen molar-refractivity contribution in [1.82, 2.24) is 0 Å². The summed E-state index contributed by atoms with van der Waals surface area (Å²) in [5.41, 5.74) is 4.04. The summed E-state index contributed by atoms with van der Waals surface area (Å²) in [7, 11) is 0. The highest BCUT2D eigenvalue weighted by atomic mass is 16.5. The van der Waals surface area contributed by atoms with Gasteiger partial charge < -0.3 is 9.47 Å². The van der Waals surface area contributed by atoms with Gasteiger partial charge in [0.15, 0.2) is 0 Å². The minimum atomic E-state index is -0.477. The van der Waals surface area contributed by atoms with E-state index in [4.69, 9.17) is 9.47 Å². The number of ether oxygens (including phenoxy) is 2. The number of unbranched alkanes of at least 4 members (excludes halogenated alkanes) is 2. The van der Waals surface area contributed by atoms with Crippen LogP contribution >= 0.6 is 0 Å². The van der Waals surface area contributed by atoms with Crippen LogP contribution in [0, 0.1) is 11.3 Å². The molecular weight excluding hydrogens is 476 g/mol. The highest BCUT2D eigenvalue weighted by Gasteiger charge is 2.33.